The second-order valence-corrected chi connectivity index (χ2v) is 6.41. The quantitative estimate of drug-likeness (QED) is 0.751. The van der Waals surface area contributed by atoms with Crippen LogP contribution in [0.4, 0.5) is 0 Å². The Labute approximate surface area is 139 Å². The SMILES string of the molecule is COc1ccc(CC(CN)c2nc3ccccc3s2)cc1OC. The third-order valence-corrected chi connectivity index (χ3v) is 5.07. The molecule has 5 heteroatoms. The van der Waals surface area contributed by atoms with Crippen molar-refractivity contribution in [1.82, 2.24) is 4.98 Å². The van der Waals surface area contributed by atoms with E-state index < -0.39 is 0 Å². The summed E-state index contributed by atoms with van der Waals surface area (Å²) in [5, 5.41) is 1.09. The van der Waals surface area contributed by atoms with Crippen molar-refractivity contribution in [2.45, 2.75) is 12.3 Å². The maximum atomic E-state index is 6.01. The first-order valence-electron chi connectivity index (χ1n) is 7.51. The predicted octanol–water partition coefficient (Wildman–Crippen LogP) is 3.60. The molecule has 2 N–H and O–H groups in total. The fraction of sp³-hybridized carbons (Fsp3) is 0.278. The number of nitrogens with two attached hydrogens (primary N) is 1. The summed E-state index contributed by atoms with van der Waals surface area (Å²) >= 11 is 1.72. The molecule has 0 aliphatic heterocycles. The molecule has 0 saturated carbocycles. The van der Waals surface area contributed by atoms with E-state index in [0.717, 1.165) is 34.0 Å². The molecule has 1 unspecified atom stereocenters. The molecule has 1 heterocycles. The zero-order chi connectivity index (χ0) is 16.2. The number of aromatic nitrogens is 1. The van der Waals surface area contributed by atoms with Crippen LogP contribution in [0.15, 0.2) is 42.5 Å². The van der Waals surface area contributed by atoms with Gasteiger partial charge in [0.2, 0.25) is 0 Å². The van der Waals surface area contributed by atoms with E-state index in [1.807, 2.05) is 30.3 Å². The highest BCUT2D eigenvalue weighted by Gasteiger charge is 2.16. The lowest BCUT2D eigenvalue weighted by atomic mass is 9.99. The van der Waals surface area contributed by atoms with Crippen LogP contribution in [-0.2, 0) is 6.42 Å². The highest BCUT2D eigenvalue weighted by atomic mass is 32.1. The summed E-state index contributed by atoms with van der Waals surface area (Å²) in [5.74, 6) is 1.68. The van der Waals surface area contributed by atoms with E-state index in [4.69, 9.17) is 20.2 Å². The molecule has 4 nitrogen and oxygen atoms in total. The number of thiazole rings is 1. The first-order chi connectivity index (χ1) is 11.2. The van der Waals surface area contributed by atoms with Crippen molar-refractivity contribution in [1.29, 1.82) is 0 Å². The van der Waals surface area contributed by atoms with Gasteiger partial charge in [0.1, 0.15) is 0 Å². The summed E-state index contributed by atoms with van der Waals surface area (Å²) in [7, 11) is 3.29. The molecule has 1 aromatic heterocycles. The van der Waals surface area contributed by atoms with Crippen LogP contribution < -0.4 is 15.2 Å². The van der Waals surface area contributed by atoms with Crippen molar-refractivity contribution in [3.8, 4) is 11.5 Å². The van der Waals surface area contributed by atoms with Gasteiger partial charge >= 0.3 is 0 Å². The van der Waals surface area contributed by atoms with Gasteiger partial charge in [-0.3, -0.25) is 0 Å². The number of fused-ring (bicyclic) bond motifs is 1. The van der Waals surface area contributed by atoms with E-state index in [-0.39, 0.29) is 5.92 Å². The van der Waals surface area contributed by atoms with Crippen LogP contribution in [0.5, 0.6) is 11.5 Å². The van der Waals surface area contributed by atoms with E-state index in [0.29, 0.717) is 6.54 Å². The van der Waals surface area contributed by atoms with Crippen LogP contribution in [0.1, 0.15) is 16.5 Å². The zero-order valence-electron chi connectivity index (χ0n) is 13.3. The van der Waals surface area contributed by atoms with E-state index in [9.17, 15) is 0 Å². The van der Waals surface area contributed by atoms with Gasteiger partial charge in [0.25, 0.3) is 0 Å². The molecule has 0 saturated heterocycles. The topological polar surface area (TPSA) is 57.4 Å². The summed E-state index contributed by atoms with van der Waals surface area (Å²) in [6.07, 6.45) is 0.830. The Balaban J connectivity index is 1.87. The zero-order valence-corrected chi connectivity index (χ0v) is 14.1. The van der Waals surface area contributed by atoms with Crippen molar-refractivity contribution < 1.29 is 9.47 Å². The summed E-state index contributed by atoms with van der Waals surface area (Å²) in [4.78, 5) is 4.74. The van der Waals surface area contributed by atoms with E-state index in [2.05, 4.69) is 12.1 Å². The number of methoxy groups -OCH3 is 2. The van der Waals surface area contributed by atoms with Crippen LogP contribution in [0.25, 0.3) is 10.2 Å². The van der Waals surface area contributed by atoms with E-state index in [1.165, 1.54) is 4.70 Å². The van der Waals surface area contributed by atoms with Crippen LogP contribution in [0.3, 0.4) is 0 Å². The highest BCUT2D eigenvalue weighted by Crippen LogP contribution is 2.32. The van der Waals surface area contributed by atoms with Gasteiger partial charge in [-0.25, -0.2) is 4.98 Å². The molecule has 0 amide bonds. The number of hydrogen-bond donors (Lipinski definition) is 1. The molecule has 0 fully saturated rings. The smallest absolute Gasteiger partial charge is 0.160 e. The van der Waals surface area contributed by atoms with Gasteiger partial charge in [-0.1, -0.05) is 18.2 Å². The molecule has 120 valence electrons. The Morgan fingerprint density at radius 3 is 2.57 bits per heavy atom. The summed E-state index contributed by atoms with van der Waals surface area (Å²) in [5.41, 5.74) is 8.22. The Hall–Kier alpha value is -2.11. The van der Waals surface area contributed by atoms with Gasteiger partial charge in [0.15, 0.2) is 11.5 Å². The third-order valence-electron chi connectivity index (χ3n) is 3.87. The lowest BCUT2D eigenvalue weighted by molar-refractivity contribution is 0.354. The number of ether oxygens (including phenoxy) is 2. The fourth-order valence-electron chi connectivity index (χ4n) is 2.63. The third kappa shape index (κ3) is 3.30. The van der Waals surface area contributed by atoms with Gasteiger partial charge in [-0.15, -0.1) is 11.3 Å². The van der Waals surface area contributed by atoms with Crippen LogP contribution >= 0.6 is 11.3 Å². The van der Waals surface area contributed by atoms with Crippen LogP contribution in [0, 0.1) is 0 Å². The number of nitrogens with zero attached hydrogens (tertiary/aromatic N) is 1. The van der Waals surface area contributed by atoms with E-state index in [1.54, 1.807) is 25.6 Å². The second-order valence-electron chi connectivity index (χ2n) is 5.35. The first kappa shape index (κ1) is 15.8. The Morgan fingerprint density at radius 1 is 1.09 bits per heavy atom. The lowest BCUT2D eigenvalue weighted by Gasteiger charge is -2.14. The molecule has 23 heavy (non-hydrogen) atoms. The average Bonchev–Trinajstić information content (AvgIpc) is 3.03. The summed E-state index contributed by atoms with van der Waals surface area (Å²) in [6.45, 7) is 0.564. The molecular weight excluding hydrogens is 308 g/mol. The van der Waals surface area contributed by atoms with Gasteiger partial charge in [-0.05, 0) is 36.2 Å². The molecule has 3 aromatic rings. The minimum absolute atomic E-state index is 0.200. The van der Waals surface area contributed by atoms with Crippen molar-refractivity contribution >= 4 is 21.6 Å². The van der Waals surface area contributed by atoms with Gasteiger partial charge in [0, 0.05) is 12.5 Å². The molecule has 0 aliphatic carbocycles. The Morgan fingerprint density at radius 2 is 1.87 bits per heavy atom. The molecule has 3 rings (SSSR count). The fourth-order valence-corrected chi connectivity index (χ4v) is 3.71. The minimum atomic E-state index is 0.200. The normalized spacial score (nSPS) is 12.3. The van der Waals surface area contributed by atoms with E-state index >= 15 is 0 Å². The van der Waals surface area contributed by atoms with Crippen molar-refractivity contribution in [3.05, 3.63) is 53.0 Å². The molecule has 2 aromatic carbocycles. The molecular formula is C18H20N2O2S. The second kappa shape index (κ2) is 6.98. The minimum Gasteiger partial charge on any atom is -0.493 e. The van der Waals surface area contributed by atoms with Crippen molar-refractivity contribution in [3.63, 3.8) is 0 Å². The molecule has 1 atom stereocenters. The number of benzene rings is 2. The first-order valence-corrected chi connectivity index (χ1v) is 8.33. The number of para-hydroxylation sites is 1. The standard InChI is InChI=1S/C18H20N2O2S/c1-21-15-8-7-12(10-16(15)22-2)9-13(11-19)18-20-14-5-3-4-6-17(14)23-18/h3-8,10,13H,9,11,19H2,1-2H3. The maximum Gasteiger partial charge on any atom is 0.160 e. The van der Waals surface area contributed by atoms with Crippen LogP contribution in [0.2, 0.25) is 0 Å². The summed E-state index contributed by atoms with van der Waals surface area (Å²) in [6, 6.07) is 14.2. The largest absolute Gasteiger partial charge is 0.493 e. The predicted molar refractivity (Wildman–Crippen MR) is 94.7 cm³/mol. The lowest BCUT2D eigenvalue weighted by Crippen LogP contribution is -2.15. The maximum absolute atomic E-state index is 6.01. The Bertz CT molecular complexity index is 768. The van der Waals surface area contributed by atoms with Gasteiger partial charge in [0.05, 0.1) is 29.4 Å². The molecule has 0 aliphatic rings. The van der Waals surface area contributed by atoms with Gasteiger partial charge < -0.3 is 15.2 Å². The van der Waals surface area contributed by atoms with Crippen molar-refractivity contribution in [2.24, 2.45) is 5.73 Å². The monoisotopic (exact) mass is 328 g/mol. The average molecular weight is 328 g/mol. The molecule has 0 radical (unpaired) electrons. The number of hydrogen-bond acceptors (Lipinski definition) is 5. The highest BCUT2D eigenvalue weighted by molar-refractivity contribution is 7.18. The Kier molecular flexibility index (Phi) is 4.79. The molecule has 0 bridgehead atoms. The van der Waals surface area contributed by atoms with Crippen molar-refractivity contribution in [2.75, 3.05) is 20.8 Å². The van der Waals surface area contributed by atoms with Crippen LogP contribution in [-0.4, -0.2) is 25.7 Å². The molecule has 0 spiro atoms. The van der Waals surface area contributed by atoms with Gasteiger partial charge in [-0.2, -0.15) is 0 Å². The summed E-state index contributed by atoms with van der Waals surface area (Å²) < 4.78 is 11.9. The number of rotatable bonds is 6.